The van der Waals surface area contributed by atoms with E-state index in [1.807, 2.05) is 18.2 Å². The van der Waals surface area contributed by atoms with Crippen molar-refractivity contribution in [2.75, 3.05) is 26.2 Å². The molecule has 0 spiro atoms. The predicted molar refractivity (Wildman–Crippen MR) is 108 cm³/mol. The van der Waals surface area contributed by atoms with Gasteiger partial charge in [-0.2, -0.15) is 0 Å². The highest BCUT2D eigenvalue weighted by atomic mass is 35.5. The molecule has 3 unspecified atom stereocenters. The molecule has 1 amide bonds. The van der Waals surface area contributed by atoms with Crippen LogP contribution in [0, 0.1) is 11.8 Å². The Bertz CT molecular complexity index is 573. The average Bonchev–Trinajstić information content (AvgIpc) is 2.63. The number of nitrogens with zero attached hydrogens (tertiary/aromatic N) is 1. The summed E-state index contributed by atoms with van der Waals surface area (Å²) < 4.78 is 6.08. The zero-order chi connectivity index (χ0) is 17.9. The van der Waals surface area contributed by atoms with E-state index in [9.17, 15) is 4.79 Å². The lowest BCUT2D eigenvalue weighted by Gasteiger charge is -2.46. The van der Waals surface area contributed by atoms with Crippen LogP contribution < -0.4 is 5.32 Å². The Labute approximate surface area is 164 Å². The van der Waals surface area contributed by atoms with Gasteiger partial charge in [0.05, 0.1) is 18.7 Å². The van der Waals surface area contributed by atoms with Crippen LogP contribution in [-0.4, -0.2) is 42.6 Å². The van der Waals surface area contributed by atoms with Gasteiger partial charge in [0.2, 0.25) is 5.91 Å². The fraction of sp³-hybridized carbons (Fsp3) is 0.667. The number of benzene rings is 1. The molecule has 1 aromatic rings. The number of piperidine rings is 1. The largest absolute Gasteiger partial charge is 0.369 e. The Morgan fingerprint density at radius 2 is 2.08 bits per heavy atom. The number of hydrogen-bond donors (Lipinski definition) is 1. The van der Waals surface area contributed by atoms with Crippen molar-refractivity contribution in [2.45, 2.75) is 51.7 Å². The number of nitrogens with one attached hydrogen (secondary N) is 1. The van der Waals surface area contributed by atoms with Crippen molar-refractivity contribution in [3.05, 3.63) is 35.9 Å². The van der Waals surface area contributed by atoms with Crippen molar-refractivity contribution in [1.82, 2.24) is 10.2 Å². The second kappa shape index (κ2) is 9.20. The normalized spacial score (nSPS) is 26.7. The van der Waals surface area contributed by atoms with Crippen LogP contribution in [0.4, 0.5) is 0 Å². The quantitative estimate of drug-likeness (QED) is 0.863. The van der Waals surface area contributed by atoms with E-state index in [2.05, 4.69) is 43.1 Å². The standard InChI is InChI=1S/C21H32N2O2.ClH/c1-16(18-10-7-11-22-13-18)12-20(24)23-14-19(25-15-21(23,2)3)17-8-5-4-6-9-17;/h4-6,8-9,16,18-19,22H,7,10-15H2,1-3H3;1H. The Morgan fingerprint density at radius 3 is 2.73 bits per heavy atom. The lowest BCUT2D eigenvalue weighted by molar-refractivity contribution is -0.156. The van der Waals surface area contributed by atoms with Crippen LogP contribution in [0.3, 0.4) is 0 Å². The second-order valence-electron chi connectivity index (χ2n) is 8.31. The number of ether oxygens (including phenoxy) is 1. The van der Waals surface area contributed by atoms with Crippen LogP contribution >= 0.6 is 12.4 Å². The molecule has 0 aliphatic carbocycles. The van der Waals surface area contributed by atoms with Gasteiger partial charge in [-0.15, -0.1) is 12.4 Å². The van der Waals surface area contributed by atoms with E-state index in [1.54, 1.807) is 0 Å². The molecule has 1 aromatic carbocycles. The third-order valence-corrected chi connectivity index (χ3v) is 5.83. The van der Waals surface area contributed by atoms with Gasteiger partial charge in [-0.05, 0) is 57.2 Å². The molecular weight excluding hydrogens is 348 g/mol. The zero-order valence-electron chi connectivity index (χ0n) is 16.2. The first-order valence-electron chi connectivity index (χ1n) is 9.65. The molecule has 4 nitrogen and oxygen atoms in total. The Hall–Kier alpha value is -1.10. The molecule has 5 heteroatoms. The van der Waals surface area contributed by atoms with Crippen molar-refractivity contribution in [1.29, 1.82) is 0 Å². The molecule has 2 saturated heterocycles. The van der Waals surface area contributed by atoms with Crippen LogP contribution in [0.25, 0.3) is 0 Å². The third-order valence-electron chi connectivity index (χ3n) is 5.83. The van der Waals surface area contributed by atoms with E-state index < -0.39 is 0 Å². The number of halogens is 1. The van der Waals surface area contributed by atoms with Gasteiger partial charge in [-0.3, -0.25) is 4.79 Å². The van der Waals surface area contributed by atoms with Crippen molar-refractivity contribution < 1.29 is 9.53 Å². The molecule has 1 N–H and O–H groups in total. The number of morpholine rings is 1. The summed E-state index contributed by atoms with van der Waals surface area (Å²) in [5.74, 6) is 1.31. The van der Waals surface area contributed by atoms with Crippen LogP contribution in [0.2, 0.25) is 0 Å². The van der Waals surface area contributed by atoms with Crippen LogP contribution in [0.15, 0.2) is 30.3 Å². The summed E-state index contributed by atoms with van der Waals surface area (Å²) in [6.45, 7) is 9.85. The first-order valence-corrected chi connectivity index (χ1v) is 9.65. The van der Waals surface area contributed by atoms with Crippen LogP contribution in [-0.2, 0) is 9.53 Å². The SMILES string of the molecule is CC(CC(=O)N1CC(c2ccccc2)OCC1(C)C)C1CCCNC1.Cl. The van der Waals surface area contributed by atoms with E-state index >= 15 is 0 Å². The Morgan fingerprint density at radius 1 is 1.35 bits per heavy atom. The minimum atomic E-state index is -0.243. The summed E-state index contributed by atoms with van der Waals surface area (Å²) in [5, 5.41) is 3.47. The van der Waals surface area contributed by atoms with Gasteiger partial charge in [0.1, 0.15) is 6.10 Å². The van der Waals surface area contributed by atoms with Crippen molar-refractivity contribution in [3.8, 4) is 0 Å². The number of amides is 1. The van der Waals surface area contributed by atoms with Crippen molar-refractivity contribution in [3.63, 3.8) is 0 Å². The van der Waals surface area contributed by atoms with Gasteiger partial charge in [-0.25, -0.2) is 0 Å². The first-order chi connectivity index (χ1) is 12.0. The zero-order valence-corrected chi connectivity index (χ0v) is 17.1. The summed E-state index contributed by atoms with van der Waals surface area (Å²) in [6.07, 6.45) is 3.07. The number of carbonyl (C=O) groups is 1. The second-order valence-corrected chi connectivity index (χ2v) is 8.31. The van der Waals surface area contributed by atoms with Crippen molar-refractivity contribution >= 4 is 18.3 Å². The van der Waals surface area contributed by atoms with Crippen LogP contribution in [0.1, 0.15) is 51.7 Å². The van der Waals surface area contributed by atoms with Gasteiger partial charge < -0.3 is 15.0 Å². The van der Waals surface area contributed by atoms with E-state index in [0.717, 1.165) is 18.7 Å². The summed E-state index contributed by atoms with van der Waals surface area (Å²) in [6, 6.07) is 10.2. The molecule has 2 aliphatic rings. The van der Waals surface area contributed by atoms with Gasteiger partial charge in [-0.1, -0.05) is 37.3 Å². The third kappa shape index (κ3) is 4.99. The topological polar surface area (TPSA) is 41.6 Å². The number of rotatable bonds is 4. The molecule has 2 aliphatic heterocycles. The van der Waals surface area contributed by atoms with Crippen molar-refractivity contribution in [2.24, 2.45) is 11.8 Å². The fourth-order valence-electron chi connectivity index (χ4n) is 4.07. The van der Waals surface area contributed by atoms with E-state index in [-0.39, 0.29) is 30.0 Å². The monoisotopic (exact) mass is 380 g/mol. The maximum Gasteiger partial charge on any atom is 0.223 e. The summed E-state index contributed by atoms with van der Waals surface area (Å²) in [7, 11) is 0. The summed E-state index contributed by atoms with van der Waals surface area (Å²) in [4.78, 5) is 15.2. The number of carbonyl (C=O) groups excluding carboxylic acids is 1. The highest BCUT2D eigenvalue weighted by molar-refractivity contribution is 5.85. The Kier molecular flexibility index (Phi) is 7.51. The summed E-state index contributed by atoms with van der Waals surface area (Å²) >= 11 is 0. The molecule has 2 heterocycles. The molecule has 3 rings (SSSR count). The van der Waals surface area contributed by atoms with Gasteiger partial charge in [0.15, 0.2) is 0 Å². The molecule has 0 radical (unpaired) electrons. The van der Waals surface area contributed by atoms with Crippen LogP contribution in [0.5, 0.6) is 0 Å². The Balaban J connectivity index is 0.00000243. The predicted octanol–water partition coefficient (Wildman–Crippen LogP) is 3.81. The number of hydrogen-bond acceptors (Lipinski definition) is 3. The molecule has 146 valence electrons. The molecule has 0 aromatic heterocycles. The van der Waals surface area contributed by atoms with Gasteiger partial charge in [0, 0.05) is 6.42 Å². The van der Waals surface area contributed by atoms with E-state index in [1.165, 1.54) is 12.8 Å². The van der Waals surface area contributed by atoms with Gasteiger partial charge >= 0.3 is 0 Å². The average molecular weight is 381 g/mol. The van der Waals surface area contributed by atoms with Gasteiger partial charge in [0.25, 0.3) is 0 Å². The maximum atomic E-state index is 13.1. The lowest BCUT2D eigenvalue weighted by Crippen LogP contribution is -2.56. The molecule has 26 heavy (non-hydrogen) atoms. The first kappa shape index (κ1) is 21.2. The molecule has 0 bridgehead atoms. The minimum absolute atomic E-state index is 0. The molecule has 0 saturated carbocycles. The van der Waals surface area contributed by atoms with E-state index in [0.29, 0.717) is 31.4 Å². The fourth-order valence-corrected chi connectivity index (χ4v) is 4.07. The maximum absolute atomic E-state index is 13.1. The summed E-state index contributed by atoms with van der Waals surface area (Å²) in [5.41, 5.74) is 0.910. The van der Waals surface area contributed by atoms with E-state index in [4.69, 9.17) is 4.74 Å². The smallest absolute Gasteiger partial charge is 0.223 e. The highest BCUT2D eigenvalue weighted by Gasteiger charge is 2.39. The molecule has 2 fully saturated rings. The molecule has 3 atom stereocenters. The highest BCUT2D eigenvalue weighted by Crippen LogP contribution is 2.32. The molecular formula is C21H33ClN2O2. The minimum Gasteiger partial charge on any atom is -0.369 e. The lowest BCUT2D eigenvalue weighted by atomic mass is 9.84.